The monoisotopic (exact) mass is 373 g/mol. The van der Waals surface area contributed by atoms with Gasteiger partial charge in [-0.25, -0.2) is 0 Å². The molecule has 0 aromatic heterocycles. The number of carboxylic acids is 1. The molecule has 0 unspecified atom stereocenters. The van der Waals surface area contributed by atoms with E-state index in [9.17, 15) is 4.79 Å². The Bertz CT molecular complexity index is 808. The van der Waals surface area contributed by atoms with Gasteiger partial charge in [-0.1, -0.05) is 18.2 Å². The van der Waals surface area contributed by atoms with Crippen molar-refractivity contribution in [3.05, 3.63) is 58.7 Å². The van der Waals surface area contributed by atoms with Crippen LogP contribution in [0.25, 0.3) is 0 Å². The van der Waals surface area contributed by atoms with Gasteiger partial charge in [-0.2, -0.15) is 0 Å². The summed E-state index contributed by atoms with van der Waals surface area (Å²) in [5.74, 6) is 1.36. The largest absolute Gasteiger partial charge is 0.496 e. The molecular weight excluding hydrogens is 350 g/mol. The van der Waals surface area contributed by atoms with Crippen molar-refractivity contribution in [3.8, 4) is 11.5 Å². The molecule has 0 spiro atoms. The molecule has 6 heteroatoms. The van der Waals surface area contributed by atoms with Crippen molar-refractivity contribution < 1.29 is 19.4 Å². The lowest BCUT2D eigenvalue weighted by Crippen LogP contribution is -2.33. The number of rotatable bonds is 6. The first-order chi connectivity index (χ1) is 12.5. The molecular formula is C20H23NO4S. The van der Waals surface area contributed by atoms with Crippen LogP contribution < -0.4 is 14.8 Å². The summed E-state index contributed by atoms with van der Waals surface area (Å²) in [6, 6.07) is 11.5. The predicted molar refractivity (Wildman–Crippen MR) is 103 cm³/mol. The van der Waals surface area contributed by atoms with E-state index in [4.69, 9.17) is 14.6 Å². The highest BCUT2D eigenvalue weighted by Gasteiger charge is 2.30. The van der Waals surface area contributed by atoms with Crippen molar-refractivity contribution in [3.63, 3.8) is 0 Å². The van der Waals surface area contributed by atoms with Crippen LogP contribution in [0.15, 0.2) is 36.4 Å². The van der Waals surface area contributed by atoms with E-state index in [0.29, 0.717) is 12.4 Å². The summed E-state index contributed by atoms with van der Waals surface area (Å²) in [5, 5.41) is 12.3. The van der Waals surface area contributed by atoms with Crippen LogP contribution in [0.3, 0.4) is 0 Å². The molecule has 3 rings (SSSR count). The van der Waals surface area contributed by atoms with Crippen LogP contribution in [0.2, 0.25) is 0 Å². The van der Waals surface area contributed by atoms with Gasteiger partial charge in [0, 0.05) is 11.3 Å². The van der Waals surface area contributed by atoms with Crippen LogP contribution in [0, 0.1) is 13.8 Å². The summed E-state index contributed by atoms with van der Waals surface area (Å²) in [6.45, 7) is 4.45. The number of carbonyl (C=O) groups is 1. The van der Waals surface area contributed by atoms with Gasteiger partial charge in [-0.15, -0.1) is 11.8 Å². The van der Waals surface area contributed by atoms with Crippen LogP contribution in [0.5, 0.6) is 11.5 Å². The van der Waals surface area contributed by atoms with Crippen LogP contribution in [0.1, 0.15) is 27.6 Å². The lowest BCUT2D eigenvalue weighted by molar-refractivity contribution is -0.138. The van der Waals surface area contributed by atoms with E-state index < -0.39 is 12.0 Å². The van der Waals surface area contributed by atoms with Crippen molar-refractivity contribution in [1.82, 2.24) is 5.32 Å². The van der Waals surface area contributed by atoms with Gasteiger partial charge in [0.15, 0.2) is 0 Å². The molecule has 0 bridgehead atoms. The van der Waals surface area contributed by atoms with Crippen molar-refractivity contribution in [2.45, 2.75) is 31.9 Å². The van der Waals surface area contributed by atoms with E-state index in [-0.39, 0.29) is 5.37 Å². The van der Waals surface area contributed by atoms with E-state index in [1.165, 1.54) is 0 Å². The van der Waals surface area contributed by atoms with Crippen molar-refractivity contribution in [2.75, 3.05) is 12.9 Å². The first-order valence-electron chi connectivity index (χ1n) is 8.45. The Morgan fingerprint density at radius 2 is 2.04 bits per heavy atom. The summed E-state index contributed by atoms with van der Waals surface area (Å²) in [5.41, 5.74) is 4.20. The van der Waals surface area contributed by atoms with Crippen molar-refractivity contribution in [2.24, 2.45) is 0 Å². The first kappa shape index (κ1) is 18.6. The number of aryl methyl sites for hydroxylation is 2. The standard InChI is InChI=1S/C20H23NO4S/c1-12-4-5-13(2)18(8-12)25-10-15-9-14(6-7-17(15)24-3)19-21-16(11-26-19)20(22)23/h4-9,16,19,21H,10-11H2,1-3H3,(H,22,23)/t16-,19-/m0/s1. The van der Waals surface area contributed by atoms with Gasteiger partial charge in [0.2, 0.25) is 0 Å². The lowest BCUT2D eigenvalue weighted by atomic mass is 10.1. The third-order valence-electron chi connectivity index (χ3n) is 4.41. The fourth-order valence-corrected chi connectivity index (χ4v) is 4.12. The predicted octanol–water partition coefficient (Wildman–Crippen LogP) is 3.68. The van der Waals surface area contributed by atoms with Gasteiger partial charge in [0.1, 0.15) is 24.1 Å². The van der Waals surface area contributed by atoms with Gasteiger partial charge < -0.3 is 14.6 Å². The zero-order valence-electron chi connectivity index (χ0n) is 15.1. The van der Waals surface area contributed by atoms with Crippen LogP contribution in [0.4, 0.5) is 0 Å². The summed E-state index contributed by atoms with van der Waals surface area (Å²) < 4.78 is 11.5. The Labute approximate surface area is 157 Å². The SMILES string of the molecule is COc1ccc([C@H]2N[C@H](C(=O)O)CS2)cc1COc1cc(C)ccc1C. The highest BCUT2D eigenvalue weighted by molar-refractivity contribution is 7.99. The molecule has 2 aromatic rings. The van der Waals surface area contributed by atoms with Gasteiger partial charge >= 0.3 is 5.97 Å². The summed E-state index contributed by atoms with van der Waals surface area (Å²) >= 11 is 1.60. The Morgan fingerprint density at radius 3 is 2.73 bits per heavy atom. The minimum atomic E-state index is -0.813. The quantitative estimate of drug-likeness (QED) is 0.805. The second kappa shape index (κ2) is 8.01. The number of nitrogens with one attached hydrogen (secondary N) is 1. The fourth-order valence-electron chi connectivity index (χ4n) is 2.90. The van der Waals surface area contributed by atoms with E-state index in [1.807, 2.05) is 44.2 Å². The third-order valence-corrected chi connectivity index (χ3v) is 5.68. The second-order valence-corrected chi connectivity index (χ2v) is 7.54. The lowest BCUT2D eigenvalue weighted by Gasteiger charge is -2.16. The molecule has 0 saturated carbocycles. The molecule has 0 amide bonds. The molecule has 2 atom stereocenters. The number of methoxy groups -OCH3 is 1. The van der Waals surface area contributed by atoms with Gasteiger partial charge in [0.25, 0.3) is 0 Å². The van der Waals surface area contributed by atoms with Crippen LogP contribution in [-0.4, -0.2) is 30.0 Å². The maximum atomic E-state index is 11.1. The van der Waals surface area contributed by atoms with E-state index in [0.717, 1.165) is 33.8 Å². The normalized spacial score (nSPS) is 19.3. The number of ether oxygens (including phenoxy) is 2. The summed E-state index contributed by atoms with van der Waals surface area (Å²) in [4.78, 5) is 11.1. The molecule has 5 nitrogen and oxygen atoms in total. The molecule has 2 N–H and O–H groups in total. The average molecular weight is 373 g/mol. The maximum absolute atomic E-state index is 11.1. The topological polar surface area (TPSA) is 67.8 Å². The Morgan fingerprint density at radius 1 is 1.23 bits per heavy atom. The molecule has 138 valence electrons. The molecule has 1 aliphatic heterocycles. The number of thioether (sulfide) groups is 1. The van der Waals surface area contributed by atoms with Gasteiger partial charge in [-0.05, 0) is 48.7 Å². The highest BCUT2D eigenvalue weighted by Crippen LogP contribution is 2.35. The minimum absolute atomic E-state index is 0.0403. The van der Waals surface area contributed by atoms with Crippen LogP contribution >= 0.6 is 11.8 Å². The molecule has 1 fully saturated rings. The zero-order chi connectivity index (χ0) is 18.7. The van der Waals surface area contributed by atoms with Crippen LogP contribution in [-0.2, 0) is 11.4 Å². The first-order valence-corrected chi connectivity index (χ1v) is 9.50. The third kappa shape index (κ3) is 4.14. The molecule has 0 aliphatic carbocycles. The Kier molecular flexibility index (Phi) is 5.74. The number of benzene rings is 2. The second-order valence-electron chi connectivity index (χ2n) is 6.40. The van der Waals surface area contributed by atoms with Gasteiger partial charge in [0.05, 0.1) is 12.5 Å². The van der Waals surface area contributed by atoms with E-state index >= 15 is 0 Å². The number of aliphatic carboxylic acids is 1. The maximum Gasteiger partial charge on any atom is 0.321 e. The smallest absolute Gasteiger partial charge is 0.321 e. The molecule has 1 aliphatic rings. The van der Waals surface area contributed by atoms with Gasteiger partial charge in [-0.3, -0.25) is 10.1 Å². The average Bonchev–Trinajstić information content (AvgIpc) is 3.12. The molecule has 2 aromatic carbocycles. The Balaban J connectivity index is 1.78. The summed E-state index contributed by atoms with van der Waals surface area (Å²) in [7, 11) is 1.64. The van der Waals surface area contributed by atoms with E-state index in [2.05, 4.69) is 11.4 Å². The fraction of sp³-hybridized carbons (Fsp3) is 0.350. The summed E-state index contributed by atoms with van der Waals surface area (Å²) in [6.07, 6.45) is 0. The number of carboxylic acid groups (broad SMARTS) is 1. The Hall–Kier alpha value is -2.18. The molecule has 0 radical (unpaired) electrons. The zero-order valence-corrected chi connectivity index (χ0v) is 15.9. The van der Waals surface area contributed by atoms with Crippen molar-refractivity contribution in [1.29, 1.82) is 0 Å². The molecule has 26 heavy (non-hydrogen) atoms. The minimum Gasteiger partial charge on any atom is -0.496 e. The molecule has 1 heterocycles. The number of hydrogen-bond acceptors (Lipinski definition) is 5. The number of hydrogen-bond donors (Lipinski definition) is 2. The van der Waals surface area contributed by atoms with Crippen molar-refractivity contribution >= 4 is 17.7 Å². The highest BCUT2D eigenvalue weighted by atomic mass is 32.2. The molecule has 1 saturated heterocycles. The van der Waals surface area contributed by atoms with E-state index in [1.54, 1.807) is 18.9 Å².